The van der Waals surface area contributed by atoms with E-state index in [4.69, 9.17) is 0 Å². The summed E-state index contributed by atoms with van der Waals surface area (Å²) in [5, 5.41) is 0. The van der Waals surface area contributed by atoms with Crippen molar-refractivity contribution < 1.29 is 0 Å². The van der Waals surface area contributed by atoms with E-state index >= 15 is 0 Å². The number of benzene rings is 1. The normalized spacial score (nSPS) is 32.9. The lowest BCUT2D eigenvalue weighted by Gasteiger charge is -2.42. The SMILES string of the molecule is C[C@@H]1CN(C)C[C@](C)(c2ccccc2)C1. The number of nitrogens with zero attached hydrogens (tertiary/aromatic N) is 1. The molecule has 0 aromatic heterocycles. The summed E-state index contributed by atoms with van der Waals surface area (Å²) in [6, 6.07) is 10.9. The van der Waals surface area contributed by atoms with Gasteiger partial charge in [-0.2, -0.15) is 0 Å². The topological polar surface area (TPSA) is 3.24 Å². The second-order valence-electron chi connectivity index (χ2n) is 5.43. The van der Waals surface area contributed by atoms with Gasteiger partial charge in [-0.1, -0.05) is 44.2 Å². The summed E-state index contributed by atoms with van der Waals surface area (Å²) in [6.07, 6.45) is 1.31. The molecule has 1 fully saturated rings. The van der Waals surface area contributed by atoms with Crippen LogP contribution >= 0.6 is 0 Å². The van der Waals surface area contributed by atoms with Crippen LogP contribution in [0.25, 0.3) is 0 Å². The zero-order valence-corrected chi connectivity index (χ0v) is 10.0. The van der Waals surface area contributed by atoms with Gasteiger partial charge in [-0.25, -0.2) is 0 Å². The van der Waals surface area contributed by atoms with Gasteiger partial charge in [0.1, 0.15) is 0 Å². The second-order valence-corrected chi connectivity index (χ2v) is 5.43. The summed E-state index contributed by atoms with van der Waals surface area (Å²) in [6.45, 7) is 7.18. The highest BCUT2D eigenvalue weighted by atomic mass is 15.1. The molecule has 0 N–H and O–H groups in total. The molecule has 2 rings (SSSR count). The fourth-order valence-electron chi connectivity index (χ4n) is 3.14. The average Bonchev–Trinajstić information content (AvgIpc) is 2.17. The summed E-state index contributed by atoms with van der Waals surface area (Å²) in [4.78, 5) is 2.46. The molecule has 1 aliphatic heterocycles. The molecule has 82 valence electrons. The van der Waals surface area contributed by atoms with Crippen LogP contribution in [-0.4, -0.2) is 25.0 Å². The van der Waals surface area contributed by atoms with E-state index in [0.29, 0.717) is 5.41 Å². The van der Waals surface area contributed by atoms with E-state index in [2.05, 4.69) is 56.1 Å². The predicted molar refractivity (Wildman–Crippen MR) is 65.1 cm³/mol. The van der Waals surface area contributed by atoms with Gasteiger partial charge in [-0.15, -0.1) is 0 Å². The van der Waals surface area contributed by atoms with Crippen molar-refractivity contribution in [3.05, 3.63) is 35.9 Å². The fourth-order valence-corrected chi connectivity index (χ4v) is 3.14. The molecule has 1 nitrogen and oxygen atoms in total. The highest BCUT2D eigenvalue weighted by Crippen LogP contribution is 2.35. The van der Waals surface area contributed by atoms with Crippen molar-refractivity contribution in [3.8, 4) is 0 Å². The molecule has 1 heterocycles. The molecular weight excluding hydrogens is 182 g/mol. The van der Waals surface area contributed by atoms with E-state index in [1.807, 2.05) is 0 Å². The lowest BCUT2D eigenvalue weighted by Crippen LogP contribution is -2.45. The number of piperidine rings is 1. The molecule has 1 heteroatoms. The monoisotopic (exact) mass is 203 g/mol. The van der Waals surface area contributed by atoms with Crippen molar-refractivity contribution in [1.29, 1.82) is 0 Å². The van der Waals surface area contributed by atoms with Gasteiger partial charge < -0.3 is 4.90 Å². The Morgan fingerprint density at radius 3 is 2.53 bits per heavy atom. The van der Waals surface area contributed by atoms with Crippen LogP contribution in [0.1, 0.15) is 25.8 Å². The Kier molecular flexibility index (Phi) is 2.83. The lowest BCUT2D eigenvalue weighted by atomic mass is 9.73. The first-order valence-electron chi connectivity index (χ1n) is 5.84. The van der Waals surface area contributed by atoms with Gasteiger partial charge in [0, 0.05) is 18.5 Å². The quantitative estimate of drug-likeness (QED) is 0.678. The maximum Gasteiger partial charge on any atom is 0.00731 e. The Labute approximate surface area is 93.1 Å². The maximum absolute atomic E-state index is 2.46. The van der Waals surface area contributed by atoms with Gasteiger partial charge in [-0.3, -0.25) is 0 Å². The summed E-state index contributed by atoms with van der Waals surface area (Å²) < 4.78 is 0. The van der Waals surface area contributed by atoms with Crippen LogP contribution < -0.4 is 0 Å². The van der Waals surface area contributed by atoms with Crippen LogP contribution in [-0.2, 0) is 5.41 Å². The Morgan fingerprint density at radius 2 is 1.93 bits per heavy atom. The largest absolute Gasteiger partial charge is 0.305 e. The molecule has 1 aromatic carbocycles. The van der Waals surface area contributed by atoms with Crippen molar-refractivity contribution in [2.75, 3.05) is 20.1 Å². The van der Waals surface area contributed by atoms with Crippen molar-refractivity contribution in [2.24, 2.45) is 5.92 Å². The molecule has 1 saturated heterocycles. The average molecular weight is 203 g/mol. The zero-order chi connectivity index (χ0) is 10.9. The van der Waals surface area contributed by atoms with Crippen molar-refractivity contribution in [1.82, 2.24) is 4.90 Å². The highest BCUT2D eigenvalue weighted by Gasteiger charge is 2.34. The third-order valence-corrected chi connectivity index (χ3v) is 3.51. The third kappa shape index (κ3) is 2.23. The minimum Gasteiger partial charge on any atom is -0.305 e. The van der Waals surface area contributed by atoms with Crippen molar-refractivity contribution in [2.45, 2.75) is 25.7 Å². The first-order chi connectivity index (χ1) is 7.10. The molecule has 0 bridgehead atoms. The van der Waals surface area contributed by atoms with Gasteiger partial charge in [0.15, 0.2) is 0 Å². The van der Waals surface area contributed by atoms with Crippen LogP contribution in [0.5, 0.6) is 0 Å². The Balaban J connectivity index is 2.26. The molecule has 0 unspecified atom stereocenters. The molecule has 0 amide bonds. The standard InChI is InChI=1S/C14H21N/c1-12-9-14(2,11-15(3)10-12)13-7-5-4-6-8-13/h4-8,12H,9-11H2,1-3H3/t12-,14+/m0/s1. The second kappa shape index (κ2) is 3.97. The Morgan fingerprint density at radius 1 is 1.27 bits per heavy atom. The number of hydrogen-bond donors (Lipinski definition) is 0. The van der Waals surface area contributed by atoms with Gasteiger partial charge in [0.05, 0.1) is 0 Å². The van der Waals surface area contributed by atoms with Gasteiger partial charge in [-0.05, 0) is 24.9 Å². The molecule has 1 aromatic rings. The molecular formula is C14H21N. The Bertz CT molecular complexity index is 307. The minimum absolute atomic E-state index is 0.341. The van der Waals surface area contributed by atoms with Crippen molar-refractivity contribution >= 4 is 0 Å². The van der Waals surface area contributed by atoms with Gasteiger partial charge in [0.2, 0.25) is 0 Å². The molecule has 0 spiro atoms. The van der Waals surface area contributed by atoms with Gasteiger partial charge in [0.25, 0.3) is 0 Å². The maximum atomic E-state index is 2.46. The summed E-state index contributed by atoms with van der Waals surface area (Å²) in [5.41, 5.74) is 1.83. The third-order valence-electron chi connectivity index (χ3n) is 3.51. The zero-order valence-electron chi connectivity index (χ0n) is 10.0. The number of hydrogen-bond acceptors (Lipinski definition) is 1. The summed E-state index contributed by atoms with van der Waals surface area (Å²) in [7, 11) is 2.23. The molecule has 15 heavy (non-hydrogen) atoms. The van der Waals surface area contributed by atoms with E-state index in [1.54, 1.807) is 0 Å². The lowest BCUT2D eigenvalue weighted by molar-refractivity contribution is 0.142. The van der Waals surface area contributed by atoms with Crippen molar-refractivity contribution in [3.63, 3.8) is 0 Å². The molecule has 0 aliphatic carbocycles. The van der Waals surface area contributed by atoms with Crippen LogP contribution in [0.4, 0.5) is 0 Å². The molecule has 0 radical (unpaired) electrons. The first kappa shape index (κ1) is 10.7. The first-order valence-corrected chi connectivity index (χ1v) is 5.84. The van der Waals surface area contributed by atoms with E-state index in [0.717, 1.165) is 5.92 Å². The van der Waals surface area contributed by atoms with Crippen LogP contribution in [0.3, 0.4) is 0 Å². The van der Waals surface area contributed by atoms with Gasteiger partial charge >= 0.3 is 0 Å². The molecule has 0 saturated carbocycles. The van der Waals surface area contributed by atoms with Crippen LogP contribution in [0.15, 0.2) is 30.3 Å². The predicted octanol–water partition coefficient (Wildman–Crippen LogP) is 2.92. The Hall–Kier alpha value is -0.820. The van der Waals surface area contributed by atoms with E-state index in [-0.39, 0.29) is 0 Å². The summed E-state index contributed by atoms with van der Waals surface area (Å²) in [5.74, 6) is 0.800. The van der Waals surface area contributed by atoms with Crippen LogP contribution in [0.2, 0.25) is 0 Å². The fraction of sp³-hybridized carbons (Fsp3) is 0.571. The smallest absolute Gasteiger partial charge is 0.00731 e. The summed E-state index contributed by atoms with van der Waals surface area (Å²) >= 11 is 0. The van der Waals surface area contributed by atoms with E-state index < -0.39 is 0 Å². The van der Waals surface area contributed by atoms with Crippen LogP contribution in [0, 0.1) is 5.92 Å². The molecule has 2 atom stereocenters. The number of rotatable bonds is 1. The number of likely N-dealkylation sites (tertiary alicyclic amines) is 1. The molecule has 1 aliphatic rings. The number of likely N-dealkylation sites (N-methyl/N-ethyl adjacent to an activating group) is 1. The highest BCUT2D eigenvalue weighted by molar-refractivity contribution is 5.25. The van der Waals surface area contributed by atoms with E-state index in [9.17, 15) is 0 Å². The minimum atomic E-state index is 0.341. The van der Waals surface area contributed by atoms with E-state index in [1.165, 1.54) is 25.1 Å².